The average molecular weight is 275 g/mol. The monoisotopic (exact) mass is 275 g/mol. The largest absolute Gasteiger partial charge is 0.461 e. The minimum absolute atomic E-state index is 0.0515. The fourth-order valence-corrected chi connectivity index (χ4v) is 3.00. The number of hydrogen-bond acceptors (Lipinski definition) is 3. The van der Waals surface area contributed by atoms with Crippen LogP contribution in [0.2, 0.25) is 0 Å². The molecule has 0 amide bonds. The molecule has 0 radical (unpaired) electrons. The summed E-state index contributed by atoms with van der Waals surface area (Å²) in [6, 6.07) is 6.87. The van der Waals surface area contributed by atoms with Crippen LogP contribution in [0, 0.1) is 16.7 Å². The summed E-state index contributed by atoms with van der Waals surface area (Å²) in [7, 11) is 0. The van der Waals surface area contributed by atoms with Crippen LogP contribution in [-0.4, -0.2) is 12.6 Å². The molecule has 2 N–H and O–H groups in total. The first-order chi connectivity index (χ1) is 9.26. The van der Waals surface area contributed by atoms with Crippen LogP contribution in [0.1, 0.15) is 50.9 Å². The molecule has 2 atom stereocenters. The number of benzene rings is 1. The van der Waals surface area contributed by atoms with Gasteiger partial charge in [-0.2, -0.15) is 0 Å². The molecule has 0 bridgehead atoms. The molecular weight excluding hydrogens is 250 g/mol. The van der Waals surface area contributed by atoms with Crippen molar-refractivity contribution in [1.82, 2.24) is 0 Å². The SMILES string of the molecule is CC1CCC(C)(COC(=O)c2ccc(N)cc2)C1(C)C. The quantitative estimate of drug-likeness (QED) is 0.672. The van der Waals surface area contributed by atoms with Gasteiger partial charge in [-0.3, -0.25) is 0 Å². The highest BCUT2D eigenvalue weighted by atomic mass is 16.5. The molecule has 0 heterocycles. The summed E-state index contributed by atoms with van der Waals surface area (Å²) in [4.78, 5) is 12.1. The highest BCUT2D eigenvalue weighted by Crippen LogP contribution is 2.55. The number of ether oxygens (including phenoxy) is 1. The molecular formula is C17H25NO2. The summed E-state index contributed by atoms with van der Waals surface area (Å²) in [6.45, 7) is 9.55. The second kappa shape index (κ2) is 5.12. The lowest BCUT2D eigenvalue weighted by molar-refractivity contribution is -0.00349. The smallest absolute Gasteiger partial charge is 0.338 e. The summed E-state index contributed by atoms with van der Waals surface area (Å²) >= 11 is 0. The van der Waals surface area contributed by atoms with Gasteiger partial charge in [0.05, 0.1) is 12.2 Å². The first-order valence-corrected chi connectivity index (χ1v) is 7.29. The second-order valence-corrected chi connectivity index (χ2v) is 6.92. The van der Waals surface area contributed by atoms with Gasteiger partial charge in [0.2, 0.25) is 0 Å². The summed E-state index contributed by atoms with van der Waals surface area (Å²) < 4.78 is 5.56. The van der Waals surface area contributed by atoms with E-state index in [2.05, 4.69) is 27.7 Å². The summed E-state index contributed by atoms with van der Waals surface area (Å²) in [5, 5.41) is 0. The normalized spacial score (nSPS) is 28.3. The van der Waals surface area contributed by atoms with E-state index >= 15 is 0 Å². The van der Waals surface area contributed by atoms with E-state index in [4.69, 9.17) is 10.5 Å². The van der Waals surface area contributed by atoms with Crippen LogP contribution in [0.3, 0.4) is 0 Å². The molecule has 2 unspecified atom stereocenters. The second-order valence-electron chi connectivity index (χ2n) is 6.92. The number of hydrogen-bond donors (Lipinski definition) is 1. The Balaban J connectivity index is 2.02. The maximum Gasteiger partial charge on any atom is 0.338 e. The van der Waals surface area contributed by atoms with Gasteiger partial charge in [0, 0.05) is 11.1 Å². The third-order valence-corrected chi connectivity index (χ3v) is 5.58. The lowest BCUT2D eigenvalue weighted by Gasteiger charge is -2.40. The molecule has 0 spiro atoms. The Kier molecular flexibility index (Phi) is 3.81. The van der Waals surface area contributed by atoms with E-state index in [9.17, 15) is 4.79 Å². The van der Waals surface area contributed by atoms with Gasteiger partial charge in [0.1, 0.15) is 0 Å². The van der Waals surface area contributed by atoms with Crippen molar-refractivity contribution >= 4 is 11.7 Å². The van der Waals surface area contributed by atoms with Crippen molar-refractivity contribution in [3.8, 4) is 0 Å². The van der Waals surface area contributed by atoms with Crippen LogP contribution >= 0.6 is 0 Å². The maximum atomic E-state index is 12.1. The lowest BCUT2D eigenvalue weighted by atomic mass is 9.66. The third kappa shape index (κ3) is 2.54. The summed E-state index contributed by atoms with van der Waals surface area (Å²) in [5.74, 6) is 0.393. The standard InChI is InChI=1S/C17H25NO2/c1-12-9-10-17(4,16(12,2)3)11-20-15(19)13-5-7-14(18)8-6-13/h5-8,12H,9-11,18H2,1-4H3. The number of nitrogen functional groups attached to an aromatic ring is 1. The van der Waals surface area contributed by atoms with Crippen molar-refractivity contribution in [3.63, 3.8) is 0 Å². The van der Waals surface area contributed by atoms with E-state index in [-0.39, 0.29) is 16.8 Å². The van der Waals surface area contributed by atoms with Crippen molar-refractivity contribution in [3.05, 3.63) is 29.8 Å². The molecule has 1 aromatic rings. The molecule has 20 heavy (non-hydrogen) atoms. The van der Waals surface area contributed by atoms with E-state index in [1.54, 1.807) is 24.3 Å². The molecule has 3 heteroatoms. The average Bonchev–Trinajstić information content (AvgIpc) is 2.61. The predicted octanol–water partition coefficient (Wildman–Crippen LogP) is 3.89. The van der Waals surface area contributed by atoms with Gasteiger partial charge in [0.15, 0.2) is 0 Å². The Labute approximate surface area is 121 Å². The number of rotatable bonds is 3. The van der Waals surface area contributed by atoms with Crippen LogP contribution in [0.4, 0.5) is 5.69 Å². The van der Waals surface area contributed by atoms with Crippen molar-refractivity contribution in [2.75, 3.05) is 12.3 Å². The highest BCUT2D eigenvalue weighted by Gasteiger charge is 2.50. The lowest BCUT2D eigenvalue weighted by Crippen LogP contribution is -2.37. The molecule has 2 rings (SSSR count). The van der Waals surface area contributed by atoms with Crippen LogP contribution in [0.5, 0.6) is 0 Å². The topological polar surface area (TPSA) is 52.3 Å². The first kappa shape index (κ1) is 14.9. The Morgan fingerprint density at radius 2 is 1.90 bits per heavy atom. The molecule has 1 fully saturated rings. The van der Waals surface area contributed by atoms with Gasteiger partial charge in [-0.05, 0) is 48.4 Å². The fourth-order valence-electron chi connectivity index (χ4n) is 3.00. The zero-order chi connectivity index (χ0) is 15.0. The first-order valence-electron chi connectivity index (χ1n) is 7.29. The molecule has 3 nitrogen and oxygen atoms in total. The number of esters is 1. The van der Waals surface area contributed by atoms with E-state index in [0.29, 0.717) is 23.8 Å². The zero-order valence-corrected chi connectivity index (χ0v) is 12.9. The minimum Gasteiger partial charge on any atom is -0.461 e. The van der Waals surface area contributed by atoms with Crippen molar-refractivity contribution in [2.45, 2.75) is 40.5 Å². The van der Waals surface area contributed by atoms with Gasteiger partial charge in [0.25, 0.3) is 0 Å². The van der Waals surface area contributed by atoms with E-state index in [0.717, 1.165) is 6.42 Å². The molecule has 1 aliphatic carbocycles. The molecule has 1 aromatic carbocycles. The van der Waals surface area contributed by atoms with E-state index in [1.165, 1.54) is 6.42 Å². The van der Waals surface area contributed by atoms with Gasteiger partial charge in [-0.25, -0.2) is 4.79 Å². The molecule has 1 aliphatic rings. The fraction of sp³-hybridized carbons (Fsp3) is 0.588. The van der Waals surface area contributed by atoms with E-state index < -0.39 is 0 Å². The molecule has 0 aliphatic heterocycles. The van der Waals surface area contributed by atoms with Crippen molar-refractivity contribution < 1.29 is 9.53 Å². The van der Waals surface area contributed by atoms with Crippen LogP contribution in [0.15, 0.2) is 24.3 Å². The van der Waals surface area contributed by atoms with E-state index in [1.807, 2.05) is 0 Å². The molecule has 0 saturated heterocycles. The summed E-state index contributed by atoms with van der Waals surface area (Å²) in [5.41, 5.74) is 7.07. The molecule has 0 aromatic heterocycles. The van der Waals surface area contributed by atoms with Crippen LogP contribution < -0.4 is 5.73 Å². The van der Waals surface area contributed by atoms with Gasteiger partial charge < -0.3 is 10.5 Å². The number of nitrogens with two attached hydrogens (primary N) is 1. The van der Waals surface area contributed by atoms with Gasteiger partial charge >= 0.3 is 5.97 Å². The van der Waals surface area contributed by atoms with Crippen molar-refractivity contribution in [1.29, 1.82) is 0 Å². The molecule has 110 valence electrons. The predicted molar refractivity (Wildman–Crippen MR) is 81.4 cm³/mol. The van der Waals surface area contributed by atoms with Crippen LogP contribution in [-0.2, 0) is 4.74 Å². The Bertz CT molecular complexity index is 492. The third-order valence-electron chi connectivity index (χ3n) is 5.58. The Morgan fingerprint density at radius 3 is 2.40 bits per heavy atom. The summed E-state index contributed by atoms with van der Waals surface area (Å²) in [6.07, 6.45) is 2.30. The Hall–Kier alpha value is -1.51. The maximum absolute atomic E-state index is 12.1. The van der Waals surface area contributed by atoms with Crippen molar-refractivity contribution in [2.24, 2.45) is 16.7 Å². The van der Waals surface area contributed by atoms with Crippen LogP contribution in [0.25, 0.3) is 0 Å². The number of anilines is 1. The van der Waals surface area contributed by atoms with Gasteiger partial charge in [-0.1, -0.05) is 27.7 Å². The number of carbonyl (C=O) groups is 1. The molecule has 1 saturated carbocycles. The zero-order valence-electron chi connectivity index (χ0n) is 12.9. The number of carbonyl (C=O) groups excluding carboxylic acids is 1. The van der Waals surface area contributed by atoms with Gasteiger partial charge in [-0.15, -0.1) is 0 Å². The highest BCUT2D eigenvalue weighted by molar-refractivity contribution is 5.89. The Morgan fingerprint density at radius 1 is 1.30 bits per heavy atom. The minimum atomic E-state index is -0.262.